The van der Waals surface area contributed by atoms with E-state index in [1.807, 2.05) is 18.2 Å². The topological polar surface area (TPSA) is 9.23 Å². The van der Waals surface area contributed by atoms with E-state index in [0.717, 1.165) is 28.6 Å². The maximum atomic E-state index is 5.80. The van der Waals surface area contributed by atoms with Gasteiger partial charge in [-0.25, -0.2) is 0 Å². The summed E-state index contributed by atoms with van der Waals surface area (Å²) in [5.74, 6) is 1.42. The predicted molar refractivity (Wildman–Crippen MR) is 68.7 cm³/mol. The molecule has 0 spiro atoms. The fraction of sp³-hybridized carbons (Fsp3) is 0.500. The van der Waals surface area contributed by atoms with Crippen LogP contribution in [0.3, 0.4) is 0 Å². The van der Waals surface area contributed by atoms with Crippen molar-refractivity contribution in [1.82, 2.24) is 0 Å². The van der Waals surface area contributed by atoms with Crippen molar-refractivity contribution in [2.75, 3.05) is 0 Å². The summed E-state index contributed by atoms with van der Waals surface area (Å²) in [6, 6.07) is 5.96. The number of rotatable bonds is 5. The number of halogens is 2. The smallest absolute Gasteiger partial charge is 0.133 e. The zero-order valence-corrected chi connectivity index (χ0v) is 11.4. The van der Waals surface area contributed by atoms with Crippen LogP contribution in [-0.2, 0) is 5.88 Å². The highest BCUT2D eigenvalue weighted by molar-refractivity contribution is 9.10. The van der Waals surface area contributed by atoms with Gasteiger partial charge in [0, 0.05) is 5.88 Å². The number of hydrogen-bond acceptors (Lipinski definition) is 1. The van der Waals surface area contributed by atoms with E-state index in [1.54, 1.807) is 0 Å². The molecule has 0 aliphatic carbocycles. The molecule has 1 unspecified atom stereocenters. The van der Waals surface area contributed by atoms with Crippen LogP contribution in [0.5, 0.6) is 5.75 Å². The molecule has 1 atom stereocenters. The molecule has 0 bridgehead atoms. The highest BCUT2D eigenvalue weighted by atomic mass is 79.9. The third-order valence-corrected chi connectivity index (χ3v) is 3.10. The molecule has 15 heavy (non-hydrogen) atoms. The van der Waals surface area contributed by atoms with Crippen LogP contribution in [-0.4, -0.2) is 6.10 Å². The first-order chi connectivity index (χ1) is 7.17. The first-order valence-electron chi connectivity index (χ1n) is 5.18. The Bertz CT molecular complexity index is 314. The molecule has 0 fully saturated rings. The van der Waals surface area contributed by atoms with Crippen LogP contribution in [0, 0.1) is 0 Å². The van der Waals surface area contributed by atoms with Crippen molar-refractivity contribution in [2.24, 2.45) is 0 Å². The molecule has 0 aromatic heterocycles. The Morgan fingerprint density at radius 1 is 1.47 bits per heavy atom. The third-order valence-electron chi connectivity index (χ3n) is 2.17. The quantitative estimate of drug-likeness (QED) is 0.711. The average molecular weight is 292 g/mol. The molecule has 1 aromatic carbocycles. The van der Waals surface area contributed by atoms with Gasteiger partial charge in [0.1, 0.15) is 5.75 Å². The van der Waals surface area contributed by atoms with E-state index in [2.05, 4.69) is 29.8 Å². The molecule has 0 N–H and O–H groups in total. The van der Waals surface area contributed by atoms with Gasteiger partial charge in [0.15, 0.2) is 0 Å². The summed E-state index contributed by atoms with van der Waals surface area (Å²) in [6.07, 6.45) is 2.47. The number of ether oxygens (including phenoxy) is 1. The summed E-state index contributed by atoms with van der Waals surface area (Å²) in [5, 5.41) is 0. The maximum absolute atomic E-state index is 5.80. The van der Waals surface area contributed by atoms with E-state index >= 15 is 0 Å². The third kappa shape index (κ3) is 4.04. The molecule has 0 aliphatic rings. The van der Waals surface area contributed by atoms with Gasteiger partial charge in [-0.3, -0.25) is 0 Å². The van der Waals surface area contributed by atoms with E-state index in [1.165, 1.54) is 0 Å². The van der Waals surface area contributed by atoms with Crippen LogP contribution in [0.4, 0.5) is 0 Å². The van der Waals surface area contributed by atoms with Crippen LogP contribution in [0.1, 0.15) is 32.3 Å². The molecule has 1 aromatic rings. The molecular formula is C12H16BrClO. The fourth-order valence-electron chi connectivity index (χ4n) is 1.41. The number of benzene rings is 1. The molecule has 0 saturated heterocycles. The number of alkyl halides is 1. The molecule has 0 heterocycles. The van der Waals surface area contributed by atoms with Crippen molar-refractivity contribution >= 4 is 27.5 Å². The minimum Gasteiger partial charge on any atom is -0.490 e. The summed E-state index contributed by atoms with van der Waals surface area (Å²) in [6.45, 7) is 4.25. The Morgan fingerprint density at radius 2 is 2.20 bits per heavy atom. The van der Waals surface area contributed by atoms with E-state index in [-0.39, 0.29) is 6.10 Å². The molecular weight excluding hydrogens is 275 g/mol. The highest BCUT2D eigenvalue weighted by Crippen LogP contribution is 2.28. The van der Waals surface area contributed by atoms with Crippen molar-refractivity contribution in [3.05, 3.63) is 28.2 Å². The zero-order chi connectivity index (χ0) is 11.3. The van der Waals surface area contributed by atoms with Gasteiger partial charge in [-0.1, -0.05) is 19.4 Å². The Kier molecular flexibility index (Phi) is 5.48. The lowest BCUT2D eigenvalue weighted by Gasteiger charge is -2.15. The molecule has 0 radical (unpaired) electrons. The molecule has 1 rings (SSSR count). The largest absolute Gasteiger partial charge is 0.490 e. The first kappa shape index (κ1) is 12.9. The lowest BCUT2D eigenvalue weighted by atomic mass is 10.2. The van der Waals surface area contributed by atoms with Crippen LogP contribution >= 0.6 is 27.5 Å². The van der Waals surface area contributed by atoms with Crippen molar-refractivity contribution in [3.8, 4) is 5.75 Å². The summed E-state index contributed by atoms with van der Waals surface area (Å²) in [7, 11) is 0. The number of hydrogen-bond donors (Lipinski definition) is 0. The van der Waals surface area contributed by atoms with Crippen LogP contribution in [0.25, 0.3) is 0 Å². The Morgan fingerprint density at radius 3 is 2.73 bits per heavy atom. The van der Waals surface area contributed by atoms with Gasteiger partial charge in [-0.2, -0.15) is 0 Å². The van der Waals surface area contributed by atoms with Gasteiger partial charge < -0.3 is 4.74 Å². The summed E-state index contributed by atoms with van der Waals surface area (Å²) in [5.41, 5.74) is 1.10. The van der Waals surface area contributed by atoms with Gasteiger partial charge in [0.2, 0.25) is 0 Å². The summed E-state index contributed by atoms with van der Waals surface area (Å²) >= 11 is 9.23. The van der Waals surface area contributed by atoms with E-state index in [9.17, 15) is 0 Å². The van der Waals surface area contributed by atoms with Crippen molar-refractivity contribution in [2.45, 2.75) is 38.7 Å². The average Bonchev–Trinajstić information content (AvgIpc) is 2.21. The Balaban J connectivity index is 2.69. The lowest BCUT2D eigenvalue weighted by molar-refractivity contribution is 0.208. The van der Waals surface area contributed by atoms with Crippen molar-refractivity contribution in [1.29, 1.82) is 0 Å². The summed E-state index contributed by atoms with van der Waals surface area (Å²) in [4.78, 5) is 0. The SMILES string of the molecule is CCCC(C)Oc1ccc(CCl)cc1Br. The van der Waals surface area contributed by atoms with E-state index in [0.29, 0.717) is 5.88 Å². The normalized spacial score (nSPS) is 12.5. The lowest BCUT2D eigenvalue weighted by Crippen LogP contribution is -2.11. The monoisotopic (exact) mass is 290 g/mol. The van der Waals surface area contributed by atoms with Crippen molar-refractivity contribution < 1.29 is 4.74 Å². The molecule has 1 nitrogen and oxygen atoms in total. The van der Waals surface area contributed by atoms with Gasteiger partial charge in [-0.05, 0) is 47.0 Å². The second-order valence-electron chi connectivity index (χ2n) is 3.62. The molecule has 3 heteroatoms. The van der Waals surface area contributed by atoms with Gasteiger partial charge in [-0.15, -0.1) is 11.6 Å². The first-order valence-corrected chi connectivity index (χ1v) is 6.51. The predicted octanol–water partition coefficient (Wildman–Crippen LogP) is 4.76. The minimum absolute atomic E-state index is 0.258. The standard InChI is InChI=1S/C12H16BrClO/c1-3-4-9(2)15-12-6-5-10(8-14)7-11(12)13/h5-7,9H,3-4,8H2,1-2H3. The van der Waals surface area contributed by atoms with Crippen LogP contribution < -0.4 is 4.74 Å². The fourth-order valence-corrected chi connectivity index (χ4v) is 2.09. The van der Waals surface area contributed by atoms with Gasteiger partial charge >= 0.3 is 0 Å². The Labute approximate surface area is 105 Å². The molecule has 0 aliphatic heterocycles. The molecule has 0 amide bonds. The van der Waals surface area contributed by atoms with Gasteiger partial charge in [0.05, 0.1) is 10.6 Å². The minimum atomic E-state index is 0.258. The van der Waals surface area contributed by atoms with E-state index in [4.69, 9.17) is 16.3 Å². The second-order valence-corrected chi connectivity index (χ2v) is 4.74. The van der Waals surface area contributed by atoms with Crippen LogP contribution in [0.15, 0.2) is 22.7 Å². The summed E-state index contributed by atoms with van der Waals surface area (Å²) < 4.78 is 6.77. The second kappa shape index (κ2) is 6.39. The van der Waals surface area contributed by atoms with Gasteiger partial charge in [0.25, 0.3) is 0 Å². The van der Waals surface area contributed by atoms with Crippen molar-refractivity contribution in [3.63, 3.8) is 0 Å². The Hall–Kier alpha value is -0.210. The zero-order valence-electron chi connectivity index (χ0n) is 9.09. The molecule has 0 saturated carbocycles. The van der Waals surface area contributed by atoms with Crippen LogP contribution in [0.2, 0.25) is 0 Å². The molecule has 84 valence electrons. The maximum Gasteiger partial charge on any atom is 0.133 e. The highest BCUT2D eigenvalue weighted by Gasteiger charge is 2.06. The van der Waals surface area contributed by atoms with E-state index < -0.39 is 0 Å².